The SMILES string of the molecule is Cl.Cn1cnc(CCC(=O)NNCc2cccnc2)c1. The van der Waals surface area contributed by atoms with Crippen molar-refractivity contribution in [1.29, 1.82) is 0 Å². The summed E-state index contributed by atoms with van der Waals surface area (Å²) in [6.45, 7) is 0.559. The van der Waals surface area contributed by atoms with Crippen LogP contribution in [0, 0.1) is 0 Å². The van der Waals surface area contributed by atoms with Gasteiger partial charge in [-0.1, -0.05) is 6.07 Å². The zero-order chi connectivity index (χ0) is 13.5. The molecule has 7 heteroatoms. The van der Waals surface area contributed by atoms with Crippen LogP contribution in [0.4, 0.5) is 0 Å². The molecule has 6 nitrogen and oxygen atoms in total. The van der Waals surface area contributed by atoms with Gasteiger partial charge in [0.15, 0.2) is 0 Å². The zero-order valence-electron chi connectivity index (χ0n) is 11.2. The van der Waals surface area contributed by atoms with Gasteiger partial charge in [-0.2, -0.15) is 0 Å². The number of amides is 1. The van der Waals surface area contributed by atoms with Gasteiger partial charge >= 0.3 is 0 Å². The number of hydrazine groups is 1. The summed E-state index contributed by atoms with van der Waals surface area (Å²) in [6.07, 6.45) is 8.17. The van der Waals surface area contributed by atoms with Gasteiger partial charge in [0.2, 0.25) is 5.91 Å². The van der Waals surface area contributed by atoms with Crippen LogP contribution in [0.25, 0.3) is 0 Å². The van der Waals surface area contributed by atoms with E-state index in [-0.39, 0.29) is 18.3 Å². The number of halogens is 1. The second-order valence-electron chi connectivity index (χ2n) is 4.29. The molecule has 0 bridgehead atoms. The first-order valence-electron chi connectivity index (χ1n) is 6.11. The molecule has 20 heavy (non-hydrogen) atoms. The third kappa shape index (κ3) is 5.38. The van der Waals surface area contributed by atoms with Crippen molar-refractivity contribution in [3.8, 4) is 0 Å². The predicted octanol–water partition coefficient (Wildman–Crippen LogP) is 0.990. The molecule has 2 heterocycles. The summed E-state index contributed by atoms with van der Waals surface area (Å²) >= 11 is 0. The Bertz CT molecular complexity index is 529. The maximum absolute atomic E-state index is 11.6. The fourth-order valence-electron chi connectivity index (χ4n) is 1.65. The molecule has 0 saturated carbocycles. The van der Waals surface area contributed by atoms with Gasteiger partial charge in [-0.15, -0.1) is 12.4 Å². The Morgan fingerprint density at radius 1 is 1.45 bits per heavy atom. The molecule has 2 aromatic rings. The first-order valence-corrected chi connectivity index (χ1v) is 6.11. The molecule has 0 aliphatic rings. The fraction of sp³-hybridized carbons (Fsp3) is 0.308. The van der Waals surface area contributed by atoms with Crippen molar-refractivity contribution in [2.24, 2.45) is 7.05 Å². The number of pyridine rings is 1. The van der Waals surface area contributed by atoms with E-state index in [0.717, 1.165) is 11.3 Å². The number of aromatic nitrogens is 3. The molecule has 0 unspecified atom stereocenters. The van der Waals surface area contributed by atoms with Crippen LogP contribution in [0.5, 0.6) is 0 Å². The maximum atomic E-state index is 11.6. The van der Waals surface area contributed by atoms with Gasteiger partial charge in [0.25, 0.3) is 0 Å². The van der Waals surface area contributed by atoms with Crippen LogP contribution in [0.15, 0.2) is 37.1 Å². The van der Waals surface area contributed by atoms with Crippen LogP contribution >= 0.6 is 12.4 Å². The van der Waals surface area contributed by atoms with E-state index < -0.39 is 0 Å². The summed E-state index contributed by atoms with van der Waals surface area (Å²) in [7, 11) is 1.91. The Hall–Kier alpha value is -1.92. The van der Waals surface area contributed by atoms with Crippen LogP contribution < -0.4 is 10.9 Å². The fourth-order valence-corrected chi connectivity index (χ4v) is 1.65. The topological polar surface area (TPSA) is 71.8 Å². The highest BCUT2D eigenvalue weighted by Gasteiger charge is 2.03. The minimum atomic E-state index is -0.0467. The van der Waals surface area contributed by atoms with Crippen molar-refractivity contribution in [3.63, 3.8) is 0 Å². The summed E-state index contributed by atoms with van der Waals surface area (Å²) in [5.41, 5.74) is 7.48. The van der Waals surface area contributed by atoms with Gasteiger partial charge in [0.1, 0.15) is 0 Å². The van der Waals surface area contributed by atoms with E-state index in [1.54, 1.807) is 18.7 Å². The van der Waals surface area contributed by atoms with Gasteiger partial charge in [-0.05, 0) is 18.1 Å². The summed E-state index contributed by atoms with van der Waals surface area (Å²) in [4.78, 5) is 19.8. The van der Waals surface area contributed by atoms with Crippen molar-refractivity contribution >= 4 is 18.3 Å². The molecule has 108 valence electrons. The summed E-state index contributed by atoms with van der Waals surface area (Å²) in [6, 6.07) is 3.81. The second-order valence-corrected chi connectivity index (χ2v) is 4.29. The van der Waals surface area contributed by atoms with Crippen LogP contribution in [-0.2, 0) is 24.8 Å². The molecule has 0 radical (unpaired) electrons. The molecular weight excluding hydrogens is 278 g/mol. The zero-order valence-corrected chi connectivity index (χ0v) is 12.1. The number of imidazole rings is 1. The van der Waals surface area contributed by atoms with Crippen molar-refractivity contribution in [3.05, 3.63) is 48.3 Å². The van der Waals surface area contributed by atoms with E-state index in [9.17, 15) is 4.79 Å². The molecule has 2 rings (SSSR count). The Morgan fingerprint density at radius 2 is 2.30 bits per heavy atom. The highest BCUT2D eigenvalue weighted by Crippen LogP contribution is 1.98. The number of hydrogen-bond acceptors (Lipinski definition) is 4. The van der Waals surface area contributed by atoms with Gasteiger partial charge in [-0.25, -0.2) is 10.4 Å². The Morgan fingerprint density at radius 3 is 2.95 bits per heavy atom. The highest BCUT2D eigenvalue weighted by atomic mass is 35.5. The Balaban J connectivity index is 0.00000200. The van der Waals surface area contributed by atoms with Gasteiger partial charge in [-0.3, -0.25) is 15.2 Å². The number of nitrogens with zero attached hydrogens (tertiary/aromatic N) is 3. The number of nitrogens with one attached hydrogen (secondary N) is 2. The molecular formula is C13H18ClN5O. The molecule has 0 aliphatic heterocycles. The molecule has 0 spiro atoms. The third-order valence-corrected chi connectivity index (χ3v) is 2.61. The number of hydrogen-bond donors (Lipinski definition) is 2. The van der Waals surface area contributed by atoms with E-state index >= 15 is 0 Å². The quantitative estimate of drug-likeness (QED) is 0.780. The molecule has 0 atom stereocenters. The van der Waals surface area contributed by atoms with Gasteiger partial charge < -0.3 is 4.57 Å². The highest BCUT2D eigenvalue weighted by molar-refractivity contribution is 5.85. The van der Waals surface area contributed by atoms with Gasteiger partial charge in [0, 0.05) is 38.6 Å². The lowest BCUT2D eigenvalue weighted by Gasteiger charge is -2.06. The molecule has 2 N–H and O–H groups in total. The summed E-state index contributed by atoms with van der Waals surface area (Å²) < 4.78 is 1.87. The average molecular weight is 296 g/mol. The average Bonchev–Trinajstić information content (AvgIpc) is 2.83. The lowest BCUT2D eigenvalue weighted by atomic mass is 10.2. The maximum Gasteiger partial charge on any atom is 0.234 e. The van der Waals surface area contributed by atoms with Crippen LogP contribution in [0.2, 0.25) is 0 Å². The largest absolute Gasteiger partial charge is 0.340 e. The molecule has 0 fully saturated rings. The van der Waals surface area contributed by atoms with Crippen molar-refractivity contribution < 1.29 is 4.79 Å². The van der Waals surface area contributed by atoms with Crippen LogP contribution in [0.3, 0.4) is 0 Å². The van der Waals surface area contributed by atoms with E-state index in [4.69, 9.17) is 0 Å². The third-order valence-electron chi connectivity index (χ3n) is 2.61. The smallest absolute Gasteiger partial charge is 0.234 e. The molecule has 1 amide bonds. The minimum Gasteiger partial charge on any atom is -0.340 e. The van der Waals surface area contributed by atoms with E-state index in [1.165, 1.54) is 0 Å². The van der Waals surface area contributed by atoms with Crippen LogP contribution in [-0.4, -0.2) is 20.4 Å². The standard InChI is InChI=1S/C13H17N5O.ClH/c1-18-9-12(15-10-18)4-5-13(19)17-16-8-11-3-2-6-14-7-11;/h2-3,6-7,9-10,16H,4-5,8H2,1H3,(H,17,19);1H. The second kappa shape index (κ2) is 8.29. The van der Waals surface area contributed by atoms with E-state index in [0.29, 0.717) is 19.4 Å². The van der Waals surface area contributed by atoms with E-state index in [1.807, 2.05) is 29.9 Å². The number of aryl methyl sites for hydroxylation is 2. The number of carbonyl (C=O) groups excluding carboxylic acids is 1. The molecule has 0 aliphatic carbocycles. The number of rotatable bonds is 6. The monoisotopic (exact) mass is 295 g/mol. The van der Waals surface area contributed by atoms with Gasteiger partial charge in [0.05, 0.1) is 12.0 Å². The summed E-state index contributed by atoms with van der Waals surface area (Å²) in [5, 5.41) is 0. The van der Waals surface area contributed by atoms with Crippen molar-refractivity contribution in [2.45, 2.75) is 19.4 Å². The first kappa shape index (κ1) is 16.1. The number of carbonyl (C=O) groups is 1. The minimum absolute atomic E-state index is 0. The lowest BCUT2D eigenvalue weighted by Crippen LogP contribution is -2.36. The van der Waals surface area contributed by atoms with Crippen LogP contribution in [0.1, 0.15) is 17.7 Å². The lowest BCUT2D eigenvalue weighted by molar-refractivity contribution is -0.122. The summed E-state index contributed by atoms with van der Waals surface area (Å²) in [5.74, 6) is -0.0467. The van der Waals surface area contributed by atoms with Crippen molar-refractivity contribution in [2.75, 3.05) is 0 Å². The first-order chi connectivity index (χ1) is 9.24. The molecule has 0 saturated heterocycles. The Labute approximate surface area is 124 Å². The van der Waals surface area contributed by atoms with E-state index in [2.05, 4.69) is 20.8 Å². The Kier molecular flexibility index (Phi) is 6.69. The normalized spacial score (nSPS) is 9.85. The molecule has 2 aromatic heterocycles. The predicted molar refractivity (Wildman–Crippen MR) is 78.0 cm³/mol. The molecule has 0 aromatic carbocycles. The van der Waals surface area contributed by atoms with Crippen molar-refractivity contribution in [1.82, 2.24) is 25.4 Å².